The molecule has 7 nitrogen and oxygen atoms in total. The predicted octanol–water partition coefficient (Wildman–Crippen LogP) is 1.34. The van der Waals surface area contributed by atoms with Crippen molar-refractivity contribution in [2.45, 2.75) is 6.92 Å². The Bertz CT molecular complexity index is 628. The molecule has 0 aliphatic carbocycles. The SMILES string of the molecule is C=C(C)C(=O)OC(=O)c1ccc(C(=O)O)cc1C(=O)O. The average Bonchev–Trinajstić information content (AvgIpc) is 2.37. The van der Waals surface area contributed by atoms with Crippen LogP contribution in [0.5, 0.6) is 0 Å². The number of carboxylic acids is 2. The second-order valence-electron chi connectivity index (χ2n) is 3.83. The quantitative estimate of drug-likeness (QED) is 0.484. The molecule has 0 saturated carbocycles. The lowest BCUT2D eigenvalue weighted by molar-refractivity contribution is -0.133. The van der Waals surface area contributed by atoms with Crippen molar-refractivity contribution >= 4 is 23.9 Å². The fourth-order valence-corrected chi connectivity index (χ4v) is 1.26. The van der Waals surface area contributed by atoms with Gasteiger partial charge in [-0.2, -0.15) is 0 Å². The summed E-state index contributed by atoms with van der Waals surface area (Å²) in [6.45, 7) is 4.60. The lowest BCUT2D eigenvalue weighted by Gasteiger charge is -2.06. The van der Waals surface area contributed by atoms with E-state index in [2.05, 4.69) is 11.3 Å². The van der Waals surface area contributed by atoms with Crippen LogP contribution in [-0.4, -0.2) is 34.1 Å². The van der Waals surface area contributed by atoms with Gasteiger partial charge in [0.2, 0.25) is 0 Å². The van der Waals surface area contributed by atoms with E-state index >= 15 is 0 Å². The van der Waals surface area contributed by atoms with Crippen molar-refractivity contribution in [3.8, 4) is 0 Å². The first-order valence-electron chi connectivity index (χ1n) is 5.26. The topological polar surface area (TPSA) is 118 Å². The zero-order chi connectivity index (χ0) is 15.4. The van der Waals surface area contributed by atoms with Crippen molar-refractivity contribution < 1.29 is 34.1 Å². The summed E-state index contributed by atoms with van der Waals surface area (Å²) in [5.41, 5.74) is -1.32. The van der Waals surface area contributed by atoms with Gasteiger partial charge in [-0.1, -0.05) is 6.58 Å². The number of ether oxygens (including phenoxy) is 1. The largest absolute Gasteiger partial charge is 0.478 e. The predicted molar refractivity (Wildman–Crippen MR) is 65.6 cm³/mol. The first-order valence-corrected chi connectivity index (χ1v) is 5.26. The fraction of sp³-hybridized carbons (Fsp3) is 0.0769. The third-order valence-corrected chi connectivity index (χ3v) is 2.25. The van der Waals surface area contributed by atoms with Gasteiger partial charge in [-0.15, -0.1) is 0 Å². The highest BCUT2D eigenvalue weighted by molar-refractivity contribution is 6.08. The fourth-order valence-electron chi connectivity index (χ4n) is 1.26. The molecule has 0 unspecified atom stereocenters. The Morgan fingerprint density at radius 2 is 1.65 bits per heavy atom. The van der Waals surface area contributed by atoms with Crippen LogP contribution in [0, 0.1) is 0 Å². The van der Waals surface area contributed by atoms with E-state index in [1.165, 1.54) is 6.92 Å². The highest BCUT2D eigenvalue weighted by atomic mass is 16.6. The van der Waals surface area contributed by atoms with E-state index in [0.29, 0.717) is 0 Å². The van der Waals surface area contributed by atoms with Gasteiger partial charge in [-0.3, -0.25) is 0 Å². The van der Waals surface area contributed by atoms with Gasteiger partial charge in [0.25, 0.3) is 0 Å². The Balaban J connectivity index is 3.21. The molecule has 0 aliphatic rings. The number of rotatable bonds is 4. The highest BCUT2D eigenvalue weighted by Crippen LogP contribution is 2.14. The van der Waals surface area contributed by atoms with Crippen LogP contribution in [0.2, 0.25) is 0 Å². The molecule has 0 bridgehead atoms. The van der Waals surface area contributed by atoms with Gasteiger partial charge in [-0.25, -0.2) is 19.2 Å². The standard InChI is InChI=1S/C13H10O7/c1-6(2)12(18)20-13(19)8-4-3-7(10(14)15)5-9(8)11(16)17/h3-5H,1H2,2H3,(H,14,15)(H,16,17). The minimum atomic E-state index is -1.51. The smallest absolute Gasteiger partial charge is 0.346 e. The van der Waals surface area contributed by atoms with E-state index in [1.807, 2.05) is 0 Å². The maximum absolute atomic E-state index is 11.7. The summed E-state index contributed by atoms with van der Waals surface area (Å²) in [6.07, 6.45) is 0. The molecule has 0 saturated heterocycles. The molecule has 7 heteroatoms. The first kappa shape index (κ1) is 15.1. The average molecular weight is 278 g/mol. The summed E-state index contributed by atoms with van der Waals surface area (Å²) in [5, 5.41) is 17.7. The number of benzene rings is 1. The van der Waals surface area contributed by atoms with Gasteiger partial charge < -0.3 is 14.9 Å². The minimum absolute atomic E-state index is 0.0302. The number of aromatic carboxylic acids is 2. The van der Waals surface area contributed by atoms with Gasteiger partial charge >= 0.3 is 23.9 Å². The lowest BCUT2D eigenvalue weighted by atomic mass is 10.0. The third kappa shape index (κ3) is 3.29. The summed E-state index contributed by atoms with van der Waals surface area (Å²) >= 11 is 0. The molecule has 104 valence electrons. The van der Waals surface area contributed by atoms with Crippen molar-refractivity contribution in [3.05, 3.63) is 47.0 Å². The maximum atomic E-state index is 11.7. The number of esters is 2. The monoisotopic (exact) mass is 278 g/mol. The zero-order valence-electron chi connectivity index (χ0n) is 10.4. The molecular formula is C13H10O7. The molecule has 0 atom stereocenters. The Hall–Kier alpha value is -2.96. The summed E-state index contributed by atoms with van der Waals surface area (Å²) in [7, 11) is 0. The number of hydrogen-bond donors (Lipinski definition) is 2. The molecule has 0 aromatic heterocycles. The van der Waals surface area contributed by atoms with Crippen LogP contribution in [0.25, 0.3) is 0 Å². The van der Waals surface area contributed by atoms with Crippen LogP contribution in [0.1, 0.15) is 38.0 Å². The van der Waals surface area contributed by atoms with Gasteiger partial charge in [0.05, 0.1) is 16.7 Å². The van der Waals surface area contributed by atoms with E-state index < -0.39 is 35.0 Å². The molecule has 0 amide bonds. The van der Waals surface area contributed by atoms with E-state index in [1.54, 1.807) is 0 Å². The maximum Gasteiger partial charge on any atom is 0.346 e. The minimum Gasteiger partial charge on any atom is -0.478 e. The lowest BCUT2D eigenvalue weighted by Crippen LogP contribution is -2.17. The van der Waals surface area contributed by atoms with Gasteiger partial charge in [0.1, 0.15) is 0 Å². The Labute approximate surface area is 113 Å². The molecule has 0 fully saturated rings. The van der Waals surface area contributed by atoms with Crippen LogP contribution in [0.4, 0.5) is 0 Å². The summed E-state index contributed by atoms with van der Waals surface area (Å²) in [5.74, 6) is -5.03. The van der Waals surface area contributed by atoms with Gasteiger partial charge in [-0.05, 0) is 25.1 Å². The summed E-state index contributed by atoms with van der Waals surface area (Å²) in [6, 6.07) is 2.82. The normalized spacial score (nSPS) is 9.65. The van der Waals surface area contributed by atoms with Crippen LogP contribution >= 0.6 is 0 Å². The summed E-state index contributed by atoms with van der Waals surface area (Å²) < 4.78 is 4.40. The van der Waals surface area contributed by atoms with E-state index in [9.17, 15) is 19.2 Å². The number of carboxylic acid groups (broad SMARTS) is 2. The highest BCUT2D eigenvalue weighted by Gasteiger charge is 2.22. The third-order valence-electron chi connectivity index (χ3n) is 2.25. The van der Waals surface area contributed by atoms with Crippen LogP contribution in [0.3, 0.4) is 0 Å². The van der Waals surface area contributed by atoms with Crippen molar-refractivity contribution in [1.82, 2.24) is 0 Å². The molecule has 0 spiro atoms. The van der Waals surface area contributed by atoms with E-state index in [4.69, 9.17) is 10.2 Å². The second-order valence-corrected chi connectivity index (χ2v) is 3.83. The van der Waals surface area contributed by atoms with Crippen LogP contribution < -0.4 is 0 Å². The van der Waals surface area contributed by atoms with Crippen LogP contribution in [0.15, 0.2) is 30.4 Å². The van der Waals surface area contributed by atoms with Crippen molar-refractivity contribution in [3.63, 3.8) is 0 Å². The molecule has 0 radical (unpaired) electrons. The Morgan fingerprint density at radius 3 is 2.10 bits per heavy atom. The molecular weight excluding hydrogens is 268 g/mol. The first-order chi connectivity index (χ1) is 9.23. The van der Waals surface area contributed by atoms with Crippen molar-refractivity contribution in [2.75, 3.05) is 0 Å². The van der Waals surface area contributed by atoms with Crippen molar-refractivity contribution in [2.24, 2.45) is 0 Å². The molecule has 1 aromatic rings. The molecule has 1 rings (SSSR count). The second kappa shape index (κ2) is 5.79. The van der Waals surface area contributed by atoms with E-state index in [0.717, 1.165) is 18.2 Å². The van der Waals surface area contributed by atoms with Crippen LogP contribution in [-0.2, 0) is 9.53 Å². The Morgan fingerprint density at radius 1 is 1.05 bits per heavy atom. The van der Waals surface area contributed by atoms with Crippen molar-refractivity contribution in [1.29, 1.82) is 0 Å². The molecule has 1 aromatic carbocycles. The number of carbonyl (C=O) groups is 4. The molecule has 0 heterocycles. The van der Waals surface area contributed by atoms with E-state index in [-0.39, 0.29) is 11.1 Å². The number of carbonyl (C=O) groups excluding carboxylic acids is 2. The molecule has 0 aliphatic heterocycles. The Kier molecular flexibility index (Phi) is 4.37. The summed E-state index contributed by atoms with van der Waals surface area (Å²) in [4.78, 5) is 44.6. The molecule has 20 heavy (non-hydrogen) atoms. The zero-order valence-corrected chi connectivity index (χ0v) is 10.4. The van der Waals surface area contributed by atoms with Gasteiger partial charge in [0, 0.05) is 5.57 Å². The molecule has 2 N–H and O–H groups in total. The number of hydrogen-bond acceptors (Lipinski definition) is 5. The van der Waals surface area contributed by atoms with Gasteiger partial charge in [0.15, 0.2) is 0 Å².